The highest BCUT2D eigenvalue weighted by Gasteiger charge is 2.93. The molecule has 0 aromatic carbocycles. The minimum absolute atomic E-state index is 0.403. The van der Waals surface area contributed by atoms with Gasteiger partial charge in [-0.05, 0) is 60.0 Å². The molecule has 3 heteroatoms. The van der Waals surface area contributed by atoms with Gasteiger partial charge in [0.2, 0.25) is 0 Å². The standard InChI is InChI=1S/C18H20N2O/c21-18-15-10-6-9-11-12(10)16(18)14(11)17(13(9)15)20(18)5-3-8-2-1-4-19-7-8/h1-2,4,7,9-17,21H,3,5-6H2. The molecule has 1 N–H and O–H groups in total. The number of pyridine rings is 1. The number of hydrogen-bond acceptors (Lipinski definition) is 3. The van der Waals surface area contributed by atoms with Gasteiger partial charge in [0, 0.05) is 36.8 Å². The van der Waals surface area contributed by atoms with Gasteiger partial charge in [-0.1, -0.05) is 6.07 Å². The molecule has 1 aromatic heterocycles. The second-order valence-electron chi connectivity index (χ2n) is 8.50. The van der Waals surface area contributed by atoms with E-state index < -0.39 is 5.72 Å². The largest absolute Gasteiger partial charge is 0.375 e. The van der Waals surface area contributed by atoms with E-state index in [0.717, 1.165) is 54.5 Å². The lowest BCUT2D eigenvalue weighted by Crippen LogP contribution is -2.51. The molecular weight excluding hydrogens is 260 g/mol. The van der Waals surface area contributed by atoms with Crippen LogP contribution in [0, 0.1) is 47.3 Å². The van der Waals surface area contributed by atoms with Crippen LogP contribution in [0.4, 0.5) is 0 Å². The predicted octanol–water partition coefficient (Wildman–Crippen LogP) is 1.38. The quantitative estimate of drug-likeness (QED) is 0.909. The first kappa shape index (κ1) is 10.7. The third-order valence-electron chi connectivity index (χ3n) is 8.58. The van der Waals surface area contributed by atoms with Gasteiger partial charge in [-0.15, -0.1) is 0 Å². The number of aromatic nitrogens is 1. The maximum absolute atomic E-state index is 11.6. The Bertz CT molecular complexity index is 662. The van der Waals surface area contributed by atoms with E-state index in [4.69, 9.17) is 0 Å². The van der Waals surface area contributed by atoms with E-state index in [1.54, 1.807) is 0 Å². The van der Waals surface area contributed by atoms with Crippen molar-refractivity contribution in [3.05, 3.63) is 30.1 Å². The molecule has 0 amide bonds. The van der Waals surface area contributed by atoms with Crippen molar-refractivity contribution in [2.24, 2.45) is 47.3 Å². The first-order valence-corrected chi connectivity index (χ1v) is 8.70. The molecule has 8 rings (SSSR count). The molecule has 1 aromatic rings. The molecule has 0 spiro atoms. The van der Waals surface area contributed by atoms with Gasteiger partial charge in [0.25, 0.3) is 0 Å². The fraction of sp³-hybridized carbons (Fsp3) is 0.722. The first-order valence-electron chi connectivity index (χ1n) is 8.70. The monoisotopic (exact) mass is 280 g/mol. The lowest BCUT2D eigenvalue weighted by Gasteiger charge is -2.45. The predicted molar refractivity (Wildman–Crippen MR) is 75.9 cm³/mol. The Kier molecular flexibility index (Phi) is 1.50. The molecule has 7 aliphatic rings. The van der Waals surface area contributed by atoms with Crippen molar-refractivity contribution in [2.75, 3.05) is 6.54 Å². The molecule has 4 bridgehead atoms. The van der Waals surface area contributed by atoms with Crippen LogP contribution in [0.2, 0.25) is 0 Å². The van der Waals surface area contributed by atoms with Crippen LogP contribution in [0.25, 0.3) is 0 Å². The second kappa shape index (κ2) is 2.93. The van der Waals surface area contributed by atoms with Crippen LogP contribution in [0.15, 0.2) is 24.5 Å². The molecule has 7 fully saturated rings. The van der Waals surface area contributed by atoms with Gasteiger partial charge in [0.05, 0.1) is 0 Å². The highest BCUT2D eigenvalue weighted by atomic mass is 16.3. The van der Waals surface area contributed by atoms with Crippen LogP contribution in [-0.4, -0.2) is 33.3 Å². The summed E-state index contributed by atoms with van der Waals surface area (Å²) in [6.45, 7) is 1.03. The lowest BCUT2D eigenvalue weighted by molar-refractivity contribution is -0.130. The summed E-state index contributed by atoms with van der Waals surface area (Å²) in [7, 11) is 0. The van der Waals surface area contributed by atoms with Gasteiger partial charge in [0.15, 0.2) is 0 Å². The first-order chi connectivity index (χ1) is 10.3. The zero-order valence-corrected chi connectivity index (χ0v) is 12.0. The maximum Gasteiger partial charge on any atom is 0.125 e. The Morgan fingerprint density at radius 2 is 2.14 bits per heavy atom. The zero-order valence-electron chi connectivity index (χ0n) is 12.0. The average molecular weight is 280 g/mol. The molecule has 5 saturated carbocycles. The number of rotatable bonds is 3. The molecule has 5 aliphatic carbocycles. The average Bonchev–Trinajstić information content (AvgIpc) is 3.10. The normalized spacial score (nSPS) is 63.2. The molecule has 21 heavy (non-hydrogen) atoms. The SMILES string of the molecule is OC12C3C4CC5C6C4C1C6C(C53)N2CCc1cccnc1. The van der Waals surface area contributed by atoms with Crippen LogP contribution in [0.3, 0.4) is 0 Å². The number of nitrogens with zero attached hydrogens (tertiary/aromatic N) is 2. The van der Waals surface area contributed by atoms with Crippen molar-refractivity contribution in [2.45, 2.75) is 24.6 Å². The van der Waals surface area contributed by atoms with E-state index in [2.05, 4.69) is 16.0 Å². The molecule has 2 aliphatic heterocycles. The molecule has 10 unspecified atom stereocenters. The minimum Gasteiger partial charge on any atom is -0.375 e. The maximum atomic E-state index is 11.6. The van der Waals surface area contributed by atoms with Gasteiger partial charge in [-0.25, -0.2) is 0 Å². The van der Waals surface area contributed by atoms with Gasteiger partial charge >= 0.3 is 0 Å². The second-order valence-corrected chi connectivity index (χ2v) is 8.50. The Hall–Kier alpha value is -0.930. The number of hydrogen-bond donors (Lipinski definition) is 1. The summed E-state index contributed by atoms with van der Waals surface area (Å²) in [4.78, 5) is 6.79. The summed E-state index contributed by atoms with van der Waals surface area (Å²) >= 11 is 0. The fourth-order valence-electron chi connectivity index (χ4n) is 8.66. The van der Waals surface area contributed by atoms with Crippen molar-refractivity contribution in [1.82, 2.24) is 9.88 Å². The van der Waals surface area contributed by atoms with Crippen molar-refractivity contribution in [3.63, 3.8) is 0 Å². The zero-order chi connectivity index (χ0) is 13.5. The molecule has 2 saturated heterocycles. The van der Waals surface area contributed by atoms with Crippen LogP contribution in [0.1, 0.15) is 12.0 Å². The fourth-order valence-corrected chi connectivity index (χ4v) is 8.66. The molecule has 0 radical (unpaired) electrons. The lowest BCUT2D eigenvalue weighted by atomic mass is 9.59. The van der Waals surface area contributed by atoms with Gasteiger partial charge in [0.1, 0.15) is 5.72 Å². The summed E-state index contributed by atoms with van der Waals surface area (Å²) < 4.78 is 0. The summed E-state index contributed by atoms with van der Waals surface area (Å²) in [5.74, 6) is 6.85. The highest BCUT2D eigenvalue weighted by molar-refractivity contribution is 5.40. The summed E-state index contributed by atoms with van der Waals surface area (Å²) in [5.41, 5.74) is 0.906. The van der Waals surface area contributed by atoms with Crippen molar-refractivity contribution in [3.8, 4) is 0 Å². The number of aliphatic hydroxyl groups is 1. The molecule has 3 nitrogen and oxygen atoms in total. The van der Waals surface area contributed by atoms with E-state index in [-0.39, 0.29) is 0 Å². The summed E-state index contributed by atoms with van der Waals surface area (Å²) in [5, 5.41) is 11.6. The summed E-state index contributed by atoms with van der Waals surface area (Å²) in [6.07, 6.45) is 6.32. The van der Waals surface area contributed by atoms with Gasteiger partial charge < -0.3 is 5.11 Å². The topological polar surface area (TPSA) is 36.4 Å². The van der Waals surface area contributed by atoms with Crippen molar-refractivity contribution < 1.29 is 5.11 Å². The van der Waals surface area contributed by atoms with Crippen LogP contribution < -0.4 is 0 Å². The third-order valence-corrected chi connectivity index (χ3v) is 8.58. The van der Waals surface area contributed by atoms with E-state index >= 15 is 0 Å². The smallest absolute Gasteiger partial charge is 0.125 e. The van der Waals surface area contributed by atoms with E-state index in [0.29, 0.717) is 11.8 Å². The van der Waals surface area contributed by atoms with Crippen LogP contribution in [0.5, 0.6) is 0 Å². The Morgan fingerprint density at radius 3 is 3.00 bits per heavy atom. The van der Waals surface area contributed by atoms with Crippen molar-refractivity contribution >= 4 is 0 Å². The van der Waals surface area contributed by atoms with E-state index in [1.807, 2.05) is 18.5 Å². The Balaban J connectivity index is 1.27. The van der Waals surface area contributed by atoms with E-state index in [1.165, 1.54) is 12.0 Å². The minimum atomic E-state index is -0.403. The Morgan fingerprint density at radius 1 is 1.19 bits per heavy atom. The summed E-state index contributed by atoms with van der Waals surface area (Å²) in [6, 6.07) is 4.93. The van der Waals surface area contributed by atoms with Gasteiger partial charge in [-0.3, -0.25) is 9.88 Å². The highest BCUT2D eigenvalue weighted by Crippen LogP contribution is 2.90. The third kappa shape index (κ3) is 0.825. The molecule has 108 valence electrons. The van der Waals surface area contributed by atoms with Crippen LogP contribution >= 0.6 is 0 Å². The Labute approximate surface area is 124 Å². The van der Waals surface area contributed by atoms with Gasteiger partial charge in [-0.2, -0.15) is 0 Å². The molecular formula is C18H20N2O. The van der Waals surface area contributed by atoms with E-state index in [9.17, 15) is 5.11 Å². The van der Waals surface area contributed by atoms with Crippen LogP contribution in [-0.2, 0) is 6.42 Å². The molecule has 10 atom stereocenters. The molecule has 3 heterocycles. The van der Waals surface area contributed by atoms with Crippen molar-refractivity contribution in [1.29, 1.82) is 0 Å².